The van der Waals surface area contributed by atoms with Crippen LogP contribution in [-0.4, -0.2) is 46.9 Å². The van der Waals surface area contributed by atoms with Crippen molar-refractivity contribution >= 4 is 11.9 Å². The van der Waals surface area contributed by atoms with E-state index in [9.17, 15) is 19.8 Å². The van der Waals surface area contributed by atoms with Gasteiger partial charge in [0.15, 0.2) is 0 Å². The Balaban J connectivity index is 4.78. The highest BCUT2D eigenvalue weighted by Gasteiger charge is 2.23. The van der Waals surface area contributed by atoms with Gasteiger partial charge in [0, 0.05) is 12.8 Å². The second-order valence-electron chi connectivity index (χ2n) is 16.5. The minimum Gasteiger partial charge on any atom is -0.461 e. The van der Waals surface area contributed by atoms with E-state index in [-0.39, 0.29) is 24.9 Å². The summed E-state index contributed by atoms with van der Waals surface area (Å²) in [6.07, 6.45) is 60.8. The summed E-state index contributed by atoms with van der Waals surface area (Å²) >= 11 is 0. The molecular weight excluding hydrogens is 743 g/mol. The van der Waals surface area contributed by atoms with Gasteiger partial charge in [-0.15, -0.1) is 0 Å². The zero-order valence-corrected chi connectivity index (χ0v) is 39.1. The molecule has 1 amide bonds. The van der Waals surface area contributed by atoms with Crippen LogP contribution >= 0.6 is 0 Å². The average molecular weight is 836 g/mol. The molecule has 0 fully saturated rings. The molecule has 0 heterocycles. The number of nitrogens with one attached hydrogen (secondary N) is 1. The third-order valence-electron chi connectivity index (χ3n) is 10.7. The Hall–Kier alpha value is -2.96. The first-order valence-corrected chi connectivity index (χ1v) is 24.8. The maximum Gasteiger partial charge on any atom is 0.306 e. The van der Waals surface area contributed by atoms with Crippen molar-refractivity contribution in [3.05, 3.63) is 85.1 Å². The molecule has 0 rings (SSSR count). The molecule has 0 radical (unpaired) electrons. The molecule has 0 aromatic heterocycles. The molecule has 0 aromatic rings. The average Bonchev–Trinajstić information content (AvgIpc) is 3.24. The maximum absolute atomic E-state index is 13.2. The number of ether oxygens (including phenoxy) is 1. The number of rotatable bonds is 43. The minimum absolute atomic E-state index is 0.0114. The Morgan fingerprint density at radius 1 is 0.517 bits per heavy atom. The molecule has 0 saturated heterocycles. The Labute approximate surface area is 370 Å². The maximum atomic E-state index is 13.2. The molecule has 0 aliphatic carbocycles. The highest BCUT2D eigenvalue weighted by molar-refractivity contribution is 5.77. The molecule has 0 aromatic carbocycles. The van der Waals surface area contributed by atoms with Gasteiger partial charge in [-0.2, -0.15) is 0 Å². The summed E-state index contributed by atoms with van der Waals surface area (Å²) in [6, 6.07) is -0.739. The first-order valence-electron chi connectivity index (χ1n) is 24.8. The molecule has 0 bridgehead atoms. The summed E-state index contributed by atoms with van der Waals surface area (Å²) in [5.74, 6) is -0.608. The summed E-state index contributed by atoms with van der Waals surface area (Å²) in [6.45, 7) is 6.29. The zero-order valence-electron chi connectivity index (χ0n) is 39.1. The van der Waals surface area contributed by atoms with Gasteiger partial charge in [0.05, 0.1) is 25.2 Å². The van der Waals surface area contributed by atoms with Crippen LogP contribution in [0.25, 0.3) is 0 Å². The van der Waals surface area contributed by atoms with Crippen molar-refractivity contribution in [2.45, 2.75) is 238 Å². The van der Waals surface area contributed by atoms with Crippen molar-refractivity contribution in [2.75, 3.05) is 6.61 Å². The lowest BCUT2D eigenvalue weighted by Gasteiger charge is -2.24. The highest BCUT2D eigenvalue weighted by Crippen LogP contribution is 2.15. The van der Waals surface area contributed by atoms with Crippen molar-refractivity contribution in [1.29, 1.82) is 0 Å². The molecule has 0 spiro atoms. The molecule has 0 aliphatic rings. The van der Waals surface area contributed by atoms with E-state index in [0.717, 1.165) is 89.9 Å². The van der Waals surface area contributed by atoms with Gasteiger partial charge in [0.25, 0.3) is 0 Å². The second kappa shape index (κ2) is 47.1. The van der Waals surface area contributed by atoms with Crippen LogP contribution in [0.5, 0.6) is 0 Å². The quantitative estimate of drug-likeness (QED) is 0.0323. The van der Waals surface area contributed by atoms with Crippen LogP contribution in [0.15, 0.2) is 85.1 Å². The molecule has 3 unspecified atom stereocenters. The SMILES string of the molecule is CC/C=C/C/C=C/C/C=C/CCCCCCC(=O)OC(C/C=C\C/C=C\C/C=C\C/C=C\CCCCC)CC(=O)NC(CO)C(O)CCCCCCCCCCCCCC. The summed E-state index contributed by atoms with van der Waals surface area (Å²) in [7, 11) is 0. The lowest BCUT2D eigenvalue weighted by Crippen LogP contribution is -2.46. The fourth-order valence-electron chi connectivity index (χ4n) is 6.95. The van der Waals surface area contributed by atoms with Crippen LogP contribution in [0.3, 0.4) is 0 Å². The number of aliphatic hydroxyl groups excluding tert-OH is 2. The van der Waals surface area contributed by atoms with E-state index in [2.05, 4.69) is 99.0 Å². The first kappa shape index (κ1) is 57.0. The Morgan fingerprint density at radius 3 is 1.45 bits per heavy atom. The van der Waals surface area contributed by atoms with Crippen molar-refractivity contribution in [3.8, 4) is 0 Å². The lowest BCUT2D eigenvalue weighted by molar-refractivity contribution is -0.150. The van der Waals surface area contributed by atoms with E-state index in [0.29, 0.717) is 19.3 Å². The number of carbonyl (C=O) groups excluding carboxylic acids is 2. The predicted octanol–water partition coefficient (Wildman–Crippen LogP) is 14.8. The van der Waals surface area contributed by atoms with E-state index in [1.807, 2.05) is 12.2 Å². The number of amides is 1. The Kier molecular flexibility index (Phi) is 44.8. The normalized spacial score (nSPS) is 14.0. The minimum atomic E-state index is -0.818. The molecule has 3 N–H and O–H groups in total. The standard InChI is InChI=1S/C54H93NO5/c1-4-7-10-13-16-19-22-25-27-28-30-33-36-39-42-45-50(60-54(59)47-44-41-38-35-32-29-26-23-20-17-14-11-8-5-2)48-53(58)55-51(49-56)52(57)46-43-40-37-34-31-24-21-18-15-12-9-6-3/h8,11,16-17,19-20,25-27,29-30,33,39,42,50-52,56-57H,4-7,9-10,12-15,18,21-24,28,31-32,34-38,40-41,43-49H2,1-3H3,(H,55,58)/b11-8+,19-16-,20-17+,27-25-,29-26+,33-30-,42-39-. The third-order valence-corrected chi connectivity index (χ3v) is 10.7. The Morgan fingerprint density at radius 2 is 0.933 bits per heavy atom. The van der Waals surface area contributed by atoms with E-state index >= 15 is 0 Å². The number of hydrogen-bond acceptors (Lipinski definition) is 5. The van der Waals surface area contributed by atoms with Gasteiger partial charge in [-0.25, -0.2) is 0 Å². The smallest absolute Gasteiger partial charge is 0.306 e. The topological polar surface area (TPSA) is 95.9 Å². The molecule has 6 heteroatoms. The second-order valence-corrected chi connectivity index (χ2v) is 16.5. The van der Waals surface area contributed by atoms with Gasteiger partial charge in [0.1, 0.15) is 6.10 Å². The van der Waals surface area contributed by atoms with Crippen LogP contribution in [0.1, 0.15) is 220 Å². The van der Waals surface area contributed by atoms with Gasteiger partial charge in [-0.3, -0.25) is 9.59 Å². The van der Waals surface area contributed by atoms with Crippen molar-refractivity contribution in [3.63, 3.8) is 0 Å². The van der Waals surface area contributed by atoms with Crippen LogP contribution in [-0.2, 0) is 14.3 Å². The van der Waals surface area contributed by atoms with Crippen molar-refractivity contribution in [2.24, 2.45) is 0 Å². The fraction of sp³-hybridized carbons (Fsp3) is 0.704. The first-order chi connectivity index (χ1) is 29.5. The number of allylic oxidation sites excluding steroid dienone is 13. The van der Waals surface area contributed by atoms with Crippen LogP contribution in [0.2, 0.25) is 0 Å². The Bertz CT molecular complexity index is 1160. The molecule has 0 saturated carbocycles. The largest absolute Gasteiger partial charge is 0.461 e. The number of unbranched alkanes of at least 4 members (excludes halogenated alkanes) is 18. The monoisotopic (exact) mass is 836 g/mol. The van der Waals surface area contributed by atoms with Gasteiger partial charge in [-0.05, 0) is 77.0 Å². The zero-order chi connectivity index (χ0) is 43.8. The molecule has 344 valence electrons. The fourth-order valence-corrected chi connectivity index (χ4v) is 6.95. The number of carbonyl (C=O) groups is 2. The number of esters is 1. The van der Waals surface area contributed by atoms with E-state index in [1.165, 1.54) is 83.5 Å². The third kappa shape index (κ3) is 41.8. The van der Waals surface area contributed by atoms with Crippen LogP contribution in [0.4, 0.5) is 0 Å². The van der Waals surface area contributed by atoms with Gasteiger partial charge >= 0.3 is 5.97 Å². The molecule has 3 atom stereocenters. The van der Waals surface area contributed by atoms with Crippen LogP contribution < -0.4 is 5.32 Å². The predicted molar refractivity (Wildman–Crippen MR) is 259 cm³/mol. The van der Waals surface area contributed by atoms with Gasteiger partial charge in [-0.1, -0.05) is 209 Å². The lowest BCUT2D eigenvalue weighted by atomic mass is 10.0. The van der Waals surface area contributed by atoms with Crippen molar-refractivity contribution in [1.82, 2.24) is 5.32 Å². The summed E-state index contributed by atoms with van der Waals surface area (Å²) in [5, 5.41) is 23.7. The molecular formula is C54H93NO5. The van der Waals surface area contributed by atoms with Gasteiger partial charge < -0.3 is 20.3 Å². The molecule has 6 nitrogen and oxygen atoms in total. The van der Waals surface area contributed by atoms with E-state index in [4.69, 9.17) is 4.74 Å². The van der Waals surface area contributed by atoms with Crippen molar-refractivity contribution < 1.29 is 24.5 Å². The summed E-state index contributed by atoms with van der Waals surface area (Å²) < 4.78 is 5.85. The summed E-state index contributed by atoms with van der Waals surface area (Å²) in [4.78, 5) is 26.1. The number of aliphatic hydroxyl groups is 2. The van der Waals surface area contributed by atoms with Crippen LogP contribution in [0, 0.1) is 0 Å². The van der Waals surface area contributed by atoms with E-state index in [1.54, 1.807) is 0 Å². The summed E-state index contributed by atoms with van der Waals surface area (Å²) in [5.41, 5.74) is 0. The molecule has 60 heavy (non-hydrogen) atoms. The van der Waals surface area contributed by atoms with Gasteiger partial charge in [0.2, 0.25) is 5.91 Å². The van der Waals surface area contributed by atoms with E-state index < -0.39 is 18.2 Å². The molecule has 0 aliphatic heterocycles. The number of hydrogen-bond donors (Lipinski definition) is 3. The highest BCUT2D eigenvalue weighted by atomic mass is 16.5.